The molecule has 0 spiro atoms. The Labute approximate surface area is 201 Å². The van der Waals surface area contributed by atoms with Gasteiger partial charge in [-0.25, -0.2) is 4.98 Å². The van der Waals surface area contributed by atoms with Crippen molar-refractivity contribution in [1.29, 1.82) is 5.26 Å². The number of pyridine rings is 1. The third-order valence-corrected chi connectivity index (χ3v) is 10.8. The van der Waals surface area contributed by atoms with Crippen LogP contribution < -0.4 is 0 Å². The lowest BCUT2D eigenvalue weighted by Crippen LogP contribution is -2.49. The van der Waals surface area contributed by atoms with Gasteiger partial charge in [0.2, 0.25) is 0 Å². The van der Waals surface area contributed by atoms with Gasteiger partial charge in [0.25, 0.3) is 0 Å². The van der Waals surface area contributed by atoms with Crippen LogP contribution in [0.1, 0.15) is 89.9 Å². The Kier molecular flexibility index (Phi) is 6.86. The highest BCUT2D eigenvalue weighted by atomic mass is 16.5. The molecule has 4 aliphatic carbocycles. The van der Waals surface area contributed by atoms with E-state index in [0.29, 0.717) is 17.0 Å². The summed E-state index contributed by atoms with van der Waals surface area (Å²) in [6.07, 6.45) is 14.0. The van der Waals surface area contributed by atoms with E-state index >= 15 is 0 Å². The van der Waals surface area contributed by atoms with E-state index in [2.05, 4.69) is 37.9 Å². The van der Waals surface area contributed by atoms with Crippen molar-refractivity contribution in [3.8, 4) is 6.07 Å². The van der Waals surface area contributed by atoms with E-state index in [0.717, 1.165) is 66.8 Å². The van der Waals surface area contributed by atoms with Crippen LogP contribution in [0.25, 0.3) is 0 Å². The molecule has 4 saturated carbocycles. The highest BCUT2D eigenvalue weighted by molar-refractivity contribution is 5.22. The summed E-state index contributed by atoms with van der Waals surface area (Å²) in [6.45, 7) is 9.12. The Balaban J connectivity index is 1.25. The molecule has 0 bridgehead atoms. The van der Waals surface area contributed by atoms with Crippen LogP contribution in [0.2, 0.25) is 0 Å². The molecule has 3 heteroatoms. The minimum absolute atomic E-state index is 0.506. The van der Waals surface area contributed by atoms with E-state index < -0.39 is 0 Å². The molecule has 1 aromatic rings. The maximum absolute atomic E-state index is 9.23. The van der Waals surface area contributed by atoms with E-state index in [-0.39, 0.29) is 0 Å². The van der Waals surface area contributed by atoms with Gasteiger partial charge in [-0.1, -0.05) is 19.9 Å². The van der Waals surface area contributed by atoms with E-state index in [1.807, 2.05) is 12.1 Å². The number of rotatable bonds is 6. The molecule has 0 aliphatic heterocycles. The van der Waals surface area contributed by atoms with E-state index in [1.165, 1.54) is 57.8 Å². The number of fused-ring (bicyclic) bond motifs is 5. The molecule has 0 N–H and O–H groups in total. The molecule has 5 rings (SSSR count). The number of nitriles is 1. The molecule has 9 atom stereocenters. The number of ether oxygens (including phenoxy) is 1. The molecule has 4 fully saturated rings. The minimum atomic E-state index is 0.506. The number of aromatic nitrogens is 1. The van der Waals surface area contributed by atoms with Crippen molar-refractivity contribution >= 4 is 0 Å². The highest BCUT2D eigenvalue weighted by Crippen LogP contribution is 2.65. The molecule has 3 nitrogen and oxygen atoms in total. The summed E-state index contributed by atoms with van der Waals surface area (Å²) in [6, 6.07) is 8.15. The van der Waals surface area contributed by atoms with Crippen LogP contribution in [0.5, 0.6) is 0 Å². The first kappa shape index (κ1) is 23.3. The third-order valence-electron chi connectivity index (χ3n) is 10.8. The Morgan fingerprint density at radius 1 is 1.09 bits per heavy atom. The van der Waals surface area contributed by atoms with Gasteiger partial charge in [0.05, 0.1) is 0 Å². The molecular weight excluding hydrogens is 404 g/mol. The Morgan fingerprint density at radius 2 is 1.94 bits per heavy atom. The predicted octanol–water partition coefficient (Wildman–Crippen LogP) is 7.05. The van der Waals surface area contributed by atoms with Gasteiger partial charge in [-0.15, -0.1) is 0 Å². The smallest absolute Gasteiger partial charge is 0.140 e. The third kappa shape index (κ3) is 4.38. The summed E-state index contributed by atoms with van der Waals surface area (Å²) in [5.41, 5.74) is 2.17. The second-order valence-electron chi connectivity index (χ2n) is 12.3. The molecule has 0 saturated heterocycles. The fourth-order valence-electron chi connectivity index (χ4n) is 9.49. The van der Waals surface area contributed by atoms with Crippen molar-refractivity contribution in [1.82, 2.24) is 4.98 Å². The normalized spacial score (nSPS) is 40.8. The summed E-state index contributed by atoms with van der Waals surface area (Å²) in [7, 11) is 0. The summed E-state index contributed by atoms with van der Waals surface area (Å²) < 4.78 is 5.80. The van der Waals surface area contributed by atoms with Gasteiger partial charge in [0, 0.05) is 18.9 Å². The second kappa shape index (κ2) is 9.69. The lowest BCUT2D eigenvalue weighted by Gasteiger charge is -2.57. The molecule has 0 radical (unpaired) electrons. The lowest BCUT2D eigenvalue weighted by molar-refractivity contribution is -0.0778. The van der Waals surface area contributed by atoms with Crippen molar-refractivity contribution < 1.29 is 4.74 Å². The van der Waals surface area contributed by atoms with Gasteiger partial charge in [-0.3, -0.25) is 0 Å². The molecule has 33 heavy (non-hydrogen) atoms. The van der Waals surface area contributed by atoms with Crippen molar-refractivity contribution in [3.63, 3.8) is 0 Å². The van der Waals surface area contributed by atoms with Crippen molar-refractivity contribution in [2.24, 2.45) is 52.8 Å². The summed E-state index contributed by atoms with van der Waals surface area (Å²) in [5, 5.41) is 9.23. The predicted molar refractivity (Wildman–Crippen MR) is 132 cm³/mol. The van der Waals surface area contributed by atoms with Crippen molar-refractivity contribution in [3.05, 3.63) is 29.6 Å². The lowest BCUT2D eigenvalue weighted by atomic mass is 9.48. The molecule has 0 aromatic carbocycles. The van der Waals surface area contributed by atoms with Gasteiger partial charge >= 0.3 is 0 Å². The molecular formula is C30H44N2O. The standard InChI is InChI=1S/C30H44N2O/c1-4-33-19-21-8-10-25-22(17-21)9-11-27-26(25)14-15-30(3)28(12-13-29(27)30)20(2)16-23-6-5-7-24(18-31)32-23/h5-7,20-22,25-29H,4,8-17,19H2,1-3H3/t20-,21-,22+,25-,26?,27+,28?,29?,30+/m0/s1. The topological polar surface area (TPSA) is 45.9 Å². The fraction of sp³-hybridized carbons (Fsp3) is 0.800. The zero-order valence-electron chi connectivity index (χ0n) is 21.1. The Hall–Kier alpha value is -1.40. The first-order chi connectivity index (χ1) is 16.0. The zero-order valence-corrected chi connectivity index (χ0v) is 21.1. The number of hydrogen-bond donors (Lipinski definition) is 0. The number of hydrogen-bond acceptors (Lipinski definition) is 3. The Bertz CT molecular complexity index is 861. The zero-order chi connectivity index (χ0) is 23.0. The van der Waals surface area contributed by atoms with Crippen LogP contribution in [-0.2, 0) is 11.2 Å². The second-order valence-corrected chi connectivity index (χ2v) is 12.3. The number of nitrogens with zero attached hydrogens (tertiary/aromatic N) is 2. The van der Waals surface area contributed by atoms with Crippen LogP contribution in [0.4, 0.5) is 0 Å². The SMILES string of the molecule is CCOC[C@H]1CC[C@@H]2C3CC[C@@]4(C)C(CCC4[C@@H](C)Cc4cccc(C#N)n4)[C@@H]3CC[C@@H]2C1. The molecule has 0 amide bonds. The van der Waals surface area contributed by atoms with Crippen LogP contribution in [-0.4, -0.2) is 18.2 Å². The largest absolute Gasteiger partial charge is 0.381 e. The van der Waals surface area contributed by atoms with Crippen molar-refractivity contribution in [2.75, 3.05) is 13.2 Å². The first-order valence-electron chi connectivity index (χ1n) is 14.0. The van der Waals surface area contributed by atoms with E-state index in [9.17, 15) is 5.26 Å². The van der Waals surface area contributed by atoms with Crippen LogP contribution in [0.3, 0.4) is 0 Å². The molecule has 1 aromatic heterocycles. The van der Waals surface area contributed by atoms with Gasteiger partial charge in [-0.2, -0.15) is 5.26 Å². The average molecular weight is 449 g/mol. The first-order valence-corrected chi connectivity index (χ1v) is 14.0. The van der Waals surface area contributed by atoms with Crippen molar-refractivity contribution in [2.45, 2.75) is 85.0 Å². The Morgan fingerprint density at radius 3 is 2.76 bits per heavy atom. The molecule has 1 heterocycles. The summed E-state index contributed by atoms with van der Waals surface area (Å²) in [5.74, 6) is 7.15. The molecule has 180 valence electrons. The van der Waals surface area contributed by atoms with Gasteiger partial charge in [0.15, 0.2) is 0 Å². The van der Waals surface area contributed by atoms with Gasteiger partial charge in [-0.05, 0) is 136 Å². The highest BCUT2D eigenvalue weighted by Gasteiger charge is 2.57. The molecule has 4 aliphatic rings. The average Bonchev–Trinajstić information content (AvgIpc) is 3.19. The summed E-state index contributed by atoms with van der Waals surface area (Å²) >= 11 is 0. The molecule has 3 unspecified atom stereocenters. The van der Waals surface area contributed by atoms with Crippen LogP contribution >= 0.6 is 0 Å². The summed E-state index contributed by atoms with van der Waals surface area (Å²) in [4.78, 5) is 4.59. The fourth-order valence-corrected chi connectivity index (χ4v) is 9.49. The minimum Gasteiger partial charge on any atom is -0.381 e. The monoisotopic (exact) mass is 448 g/mol. The van der Waals surface area contributed by atoms with E-state index in [4.69, 9.17) is 4.74 Å². The quantitative estimate of drug-likeness (QED) is 0.468. The van der Waals surface area contributed by atoms with Gasteiger partial charge in [0.1, 0.15) is 11.8 Å². The maximum atomic E-state index is 9.23. The van der Waals surface area contributed by atoms with Crippen LogP contribution in [0, 0.1) is 64.1 Å². The maximum Gasteiger partial charge on any atom is 0.140 e. The van der Waals surface area contributed by atoms with Crippen LogP contribution in [0.15, 0.2) is 18.2 Å². The van der Waals surface area contributed by atoms with Gasteiger partial charge < -0.3 is 4.74 Å². The van der Waals surface area contributed by atoms with E-state index in [1.54, 1.807) is 0 Å².